The fourth-order valence-electron chi connectivity index (χ4n) is 1.60. The van der Waals surface area contributed by atoms with E-state index in [4.69, 9.17) is 5.73 Å². The molecule has 20 heavy (non-hydrogen) atoms. The molecule has 0 fully saturated rings. The van der Waals surface area contributed by atoms with Crippen molar-refractivity contribution in [3.05, 3.63) is 42.5 Å². The number of nitrogens with zero attached hydrogens (tertiary/aromatic N) is 2. The highest BCUT2D eigenvalue weighted by atomic mass is 16.3. The Morgan fingerprint density at radius 2 is 2.00 bits per heavy atom. The van der Waals surface area contributed by atoms with Gasteiger partial charge in [0, 0.05) is 18.7 Å². The van der Waals surface area contributed by atoms with Gasteiger partial charge in [-0.2, -0.15) is 5.11 Å². The zero-order valence-electron chi connectivity index (χ0n) is 10.9. The third-order valence-corrected chi connectivity index (χ3v) is 2.43. The summed E-state index contributed by atoms with van der Waals surface area (Å²) in [6.07, 6.45) is 0. The fraction of sp³-hybridized carbons (Fsp3) is 0.0714. The predicted molar refractivity (Wildman–Crippen MR) is 77.4 cm³/mol. The van der Waals surface area contributed by atoms with Crippen LogP contribution in [0.1, 0.15) is 6.92 Å². The highest BCUT2D eigenvalue weighted by Crippen LogP contribution is 2.29. The molecular formula is C14H14N4O2. The number of carbonyl (C=O) groups is 1. The second-order valence-corrected chi connectivity index (χ2v) is 4.18. The number of azo groups is 1. The first kappa shape index (κ1) is 13.5. The van der Waals surface area contributed by atoms with Crippen molar-refractivity contribution in [1.82, 2.24) is 0 Å². The first-order valence-corrected chi connectivity index (χ1v) is 5.92. The Hall–Kier alpha value is -2.89. The van der Waals surface area contributed by atoms with Crippen LogP contribution in [0.3, 0.4) is 0 Å². The van der Waals surface area contributed by atoms with E-state index in [1.54, 1.807) is 36.4 Å². The average molecular weight is 270 g/mol. The van der Waals surface area contributed by atoms with Gasteiger partial charge in [0.15, 0.2) is 0 Å². The molecule has 6 heteroatoms. The lowest BCUT2D eigenvalue weighted by atomic mass is 10.2. The van der Waals surface area contributed by atoms with E-state index in [9.17, 15) is 9.90 Å². The molecule has 0 bridgehead atoms. The fourth-order valence-corrected chi connectivity index (χ4v) is 1.60. The van der Waals surface area contributed by atoms with Gasteiger partial charge < -0.3 is 16.2 Å². The topological polar surface area (TPSA) is 100 Å². The number of rotatable bonds is 3. The molecule has 2 aromatic rings. The largest absolute Gasteiger partial charge is 0.508 e. The molecule has 4 N–H and O–H groups in total. The van der Waals surface area contributed by atoms with Gasteiger partial charge in [0.25, 0.3) is 0 Å². The van der Waals surface area contributed by atoms with Gasteiger partial charge in [-0.25, -0.2) is 0 Å². The Morgan fingerprint density at radius 3 is 2.70 bits per heavy atom. The number of carbonyl (C=O) groups excluding carboxylic acids is 1. The van der Waals surface area contributed by atoms with E-state index in [0.717, 1.165) is 0 Å². The standard InChI is InChI=1S/C14H14N4O2/c1-9(19)16-14-7-10(15)5-6-13(14)18-17-11-3-2-4-12(20)8-11/h2-8,20H,15H2,1H3,(H,16,19)/b18-17+. The molecule has 102 valence electrons. The molecule has 0 heterocycles. The lowest BCUT2D eigenvalue weighted by Gasteiger charge is -2.06. The number of benzene rings is 2. The molecule has 0 aliphatic heterocycles. The number of hydrogen-bond acceptors (Lipinski definition) is 5. The van der Waals surface area contributed by atoms with E-state index >= 15 is 0 Å². The van der Waals surface area contributed by atoms with Crippen molar-refractivity contribution in [2.24, 2.45) is 10.2 Å². The molecule has 2 rings (SSSR count). The second kappa shape index (κ2) is 5.83. The summed E-state index contributed by atoms with van der Waals surface area (Å²) in [6, 6.07) is 11.3. The Balaban J connectivity index is 2.30. The van der Waals surface area contributed by atoms with Crippen molar-refractivity contribution in [1.29, 1.82) is 0 Å². The molecule has 0 aromatic heterocycles. The number of aromatic hydroxyl groups is 1. The molecular weight excluding hydrogens is 256 g/mol. The highest BCUT2D eigenvalue weighted by Gasteiger charge is 2.04. The Kier molecular flexibility index (Phi) is 3.95. The van der Waals surface area contributed by atoms with Gasteiger partial charge in [0.05, 0.1) is 11.4 Å². The maximum Gasteiger partial charge on any atom is 0.221 e. The zero-order chi connectivity index (χ0) is 14.5. The molecule has 6 nitrogen and oxygen atoms in total. The first-order chi connectivity index (χ1) is 9.54. The van der Waals surface area contributed by atoms with Crippen molar-refractivity contribution in [3.8, 4) is 5.75 Å². The molecule has 0 radical (unpaired) electrons. The number of phenols is 1. The van der Waals surface area contributed by atoms with E-state index < -0.39 is 0 Å². The van der Waals surface area contributed by atoms with Gasteiger partial charge in [-0.15, -0.1) is 5.11 Å². The third kappa shape index (κ3) is 3.55. The highest BCUT2D eigenvalue weighted by molar-refractivity contribution is 5.92. The minimum atomic E-state index is -0.218. The SMILES string of the molecule is CC(=O)Nc1cc(N)ccc1/N=N/c1cccc(O)c1. The number of phenolic OH excluding ortho intramolecular Hbond substituents is 1. The molecule has 0 saturated heterocycles. The van der Waals surface area contributed by atoms with E-state index in [2.05, 4.69) is 15.5 Å². The monoisotopic (exact) mass is 270 g/mol. The lowest BCUT2D eigenvalue weighted by molar-refractivity contribution is -0.114. The van der Waals surface area contributed by atoms with Crippen molar-refractivity contribution in [2.45, 2.75) is 6.92 Å². The van der Waals surface area contributed by atoms with E-state index in [1.165, 1.54) is 13.0 Å². The molecule has 2 aromatic carbocycles. The molecule has 0 aliphatic carbocycles. The summed E-state index contributed by atoms with van der Waals surface area (Å²) < 4.78 is 0. The van der Waals surface area contributed by atoms with Crippen LogP contribution in [-0.4, -0.2) is 11.0 Å². The molecule has 1 amide bonds. The molecule has 0 spiro atoms. The summed E-state index contributed by atoms with van der Waals surface area (Å²) in [5.41, 5.74) is 7.67. The second-order valence-electron chi connectivity index (χ2n) is 4.18. The number of nitrogens with one attached hydrogen (secondary N) is 1. The number of hydrogen-bond donors (Lipinski definition) is 3. The van der Waals surface area contributed by atoms with Gasteiger partial charge in [0.1, 0.15) is 11.4 Å². The van der Waals surface area contributed by atoms with Gasteiger partial charge in [-0.1, -0.05) is 6.07 Å². The van der Waals surface area contributed by atoms with Crippen LogP contribution in [0.15, 0.2) is 52.7 Å². The zero-order valence-corrected chi connectivity index (χ0v) is 10.9. The van der Waals surface area contributed by atoms with Gasteiger partial charge in [0.2, 0.25) is 5.91 Å². The Labute approximate surface area is 116 Å². The number of nitrogens with two attached hydrogens (primary N) is 1. The number of nitrogen functional groups attached to an aromatic ring is 1. The number of anilines is 2. The first-order valence-electron chi connectivity index (χ1n) is 5.92. The van der Waals surface area contributed by atoms with Crippen LogP contribution in [0.2, 0.25) is 0 Å². The number of amides is 1. The van der Waals surface area contributed by atoms with Crippen LogP contribution in [-0.2, 0) is 4.79 Å². The van der Waals surface area contributed by atoms with Crippen LogP contribution in [0.5, 0.6) is 5.75 Å². The summed E-state index contributed by atoms with van der Waals surface area (Å²) in [5, 5.41) is 20.0. The predicted octanol–water partition coefficient (Wildman–Crippen LogP) is 3.35. The maximum absolute atomic E-state index is 11.1. The van der Waals surface area contributed by atoms with E-state index in [1.807, 2.05) is 0 Å². The summed E-state index contributed by atoms with van der Waals surface area (Å²) in [7, 11) is 0. The molecule has 0 aliphatic rings. The van der Waals surface area contributed by atoms with Gasteiger partial charge >= 0.3 is 0 Å². The lowest BCUT2D eigenvalue weighted by Crippen LogP contribution is -2.06. The minimum absolute atomic E-state index is 0.112. The average Bonchev–Trinajstić information content (AvgIpc) is 2.37. The van der Waals surface area contributed by atoms with E-state index in [0.29, 0.717) is 22.7 Å². The van der Waals surface area contributed by atoms with Crippen molar-refractivity contribution in [3.63, 3.8) is 0 Å². The Morgan fingerprint density at radius 1 is 1.20 bits per heavy atom. The quantitative estimate of drug-likeness (QED) is 0.589. The summed E-state index contributed by atoms with van der Waals surface area (Å²) in [5.74, 6) is -0.106. The van der Waals surface area contributed by atoms with Crippen molar-refractivity contribution in [2.75, 3.05) is 11.1 Å². The summed E-state index contributed by atoms with van der Waals surface area (Å²) >= 11 is 0. The summed E-state index contributed by atoms with van der Waals surface area (Å²) in [6.45, 7) is 1.40. The smallest absolute Gasteiger partial charge is 0.221 e. The molecule has 0 unspecified atom stereocenters. The van der Waals surface area contributed by atoms with Crippen LogP contribution in [0, 0.1) is 0 Å². The normalized spacial score (nSPS) is 10.7. The molecule has 0 atom stereocenters. The van der Waals surface area contributed by atoms with Crippen molar-refractivity contribution >= 4 is 28.7 Å². The van der Waals surface area contributed by atoms with Crippen LogP contribution in [0.4, 0.5) is 22.7 Å². The van der Waals surface area contributed by atoms with Gasteiger partial charge in [-0.05, 0) is 30.3 Å². The minimum Gasteiger partial charge on any atom is -0.508 e. The van der Waals surface area contributed by atoms with E-state index in [-0.39, 0.29) is 11.7 Å². The molecule has 0 saturated carbocycles. The van der Waals surface area contributed by atoms with Crippen molar-refractivity contribution < 1.29 is 9.90 Å². The van der Waals surface area contributed by atoms with Gasteiger partial charge in [-0.3, -0.25) is 4.79 Å². The third-order valence-electron chi connectivity index (χ3n) is 2.43. The van der Waals surface area contributed by atoms with Crippen LogP contribution in [0.25, 0.3) is 0 Å². The maximum atomic E-state index is 11.1. The van der Waals surface area contributed by atoms with Crippen LogP contribution < -0.4 is 11.1 Å². The Bertz CT molecular complexity index is 668. The summed E-state index contributed by atoms with van der Waals surface area (Å²) in [4.78, 5) is 11.1. The van der Waals surface area contributed by atoms with Crippen LogP contribution >= 0.6 is 0 Å².